The molecule has 0 spiro atoms. The topological polar surface area (TPSA) is 130 Å². The summed E-state index contributed by atoms with van der Waals surface area (Å²) >= 11 is 11.0. The minimum Gasteiger partial charge on any atom is -0.349 e. The van der Waals surface area contributed by atoms with Gasteiger partial charge in [-0.25, -0.2) is 4.98 Å². The maximum atomic E-state index is 12.8. The first-order chi connectivity index (χ1) is 22.5. The first-order valence-electron chi connectivity index (χ1n) is 15.3. The van der Waals surface area contributed by atoms with E-state index in [1.165, 1.54) is 0 Å². The molecular weight excluding hydrogens is 620 g/mol. The third-order valence-electron chi connectivity index (χ3n) is 7.77. The summed E-state index contributed by atoms with van der Waals surface area (Å²) < 4.78 is 2.08. The maximum absolute atomic E-state index is 12.8. The lowest BCUT2D eigenvalue weighted by atomic mass is 9.98. The molecule has 0 fully saturated rings. The number of hydrogen-bond acceptors (Lipinski definition) is 7. The van der Waals surface area contributed by atoms with Crippen molar-refractivity contribution in [1.29, 1.82) is 0 Å². The van der Waals surface area contributed by atoms with E-state index < -0.39 is 0 Å². The van der Waals surface area contributed by atoms with Crippen molar-refractivity contribution in [2.75, 3.05) is 12.3 Å². The second-order valence-corrected chi connectivity index (χ2v) is 11.7. The lowest BCUT2D eigenvalue weighted by Crippen LogP contribution is -2.40. The highest BCUT2D eigenvalue weighted by atomic mass is 35.5. The number of aryl methyl sites for hydroxylation is 1. The van der Waals surface area contributed by atoms with E-state index in [0.29, 0.717) is 29.7 Å². The van der Waals surface area contributed by atoms with Gasteiger partial charge in [-0.1, -0.05) is 104 Å². The number of imidazole rings is 1. The van der Waals surface area contributed by atoms with Gasteiger partial charge >= 0.3 is 0 Å². The molecule has 0 aliphatic carbocycles. The molecule has 2 aromatic heterocycles. The van der Waals surface area contributed by atoms with Crippen molar-refractivity contribution in [2.24, 2.45) is 5.92 Å². The van der Waals surface area contributed by atoms with E-state index in [1.54, 1.807) is 0 Å². The average molecular weight is 657 g/mol. The predicted octanol–water partition coefficient (Wildman–Crippen LogP) is 5.30. The van der Waals surface area contributed by atoms with Crippen LogP contribution in [0.1, 0.15) is 42.4 Å². The third-order valence-corrected chi connectivity index (χ3v) is 8.51. The summed E-state index contributed by atoms with van der Waals surface area (Å²) in [5.74, 6) is 0.928. The summed E-state index contributed by atoms with van der Waals surface area (Å²) in [6.45, 7) is 2.71. The molecule has 0 radical (unpaired) electrons. The Hall–Kier alpha value is -4.48. The second kappa shape index (κ2) is 16.2. The molecular formula is C34H37ClN8O2S. The molecule has 1 unspecified atom stereocenters. The number of unbranched alkanes of at least 4 members (excludes halogenated alkanes) is 1. The number of tetrazole rings is 1. The van der Waals surface area contributed by atoms with Gasteiger partial charge in [0.15, 0.2) is 5.15 Å². The summed E-state index contributed by atoms with van der Waals surface area (Å²) in [6, 6.07) is 26.0. The van der Waals surface area contributed by atoms with E-state index in [9.17, 15) is 9.59 Å². The van der Waals surface area contributed by atoms with Crippen molar-refractivity contribution >= 4 is 36.0 Å². The van der Waals surface area contributed by atoms with E-state index in [2.05, 4.69) is 84.6 Å². The number of H-pyrrole nitrogens is 1. The van der Waals surface area contributed by atoms with Gasteiger partial charge in [0.25, 0.3) is 0 Å². The molecule has 5 rings (SSSR count). The summed E-state index contributed by atoms with van der Waals surface area (Å²) in [6.07, 6.45) is 3.30. The van der Waals surface area contributed by atoms with Crippen molar-refractivity contribution in [3.63, 3.8) is 0 Å². The van der Waals surface area contributed by atoms with Crippen molar-refractivity contribution in [2.45, 2.75) is 45.7 Å². The van der Waals surface area contributed by atoms with Crippen LogP contribution in [-0.4, -0.2) is 54.3 Å². The van der Waals surface area contributed by atoms with Crippen LogP contribution in [0.2, 0.25) is 5.15 Å². The van der Waals surface area contributed by atoms with Gasteiger partial charge in [0, 0.05) is 24.3 Å². The first kappa shape index (κ1) is 32.9. The SMILES string of the molecule is CCCCc1nc(Cl)c(CNC(=O)CNC(=O)C(CS)Cc2ccccc2)n1Cc1ccc(-c2ccccc2-c2nn[nH]n2)cc1. The van der Waals surface area contributed by atoms with Crippen LogP contribution in [0, 0.1) is 5.92 Å². The molecule has 5 aromatic rings. The Balaban J connectivity index is 1.25. The Morgan fingerprint density at radius 1 is 0.957 bits per heavy atom. The molecule has 10 nitrogen and oxygen atoms in total. The fourth-order valence-electron chi connectivity index (χ4n) is 5.26. The molecule has 3 aromatic carbocycles. The van der Waals surface area contributed by atoms with Crippen LogP contribution in [0.4, 0.5) is 0 Å². The van der Waals surface area contributed by atoms with Gasteiger partial charge < -0.3 is 15.2 Å². The molecule has 238 valence electrons. The van der Waals surface area contributed by atoms with Gasteiger partial charge in [0.05, 0.1) is 24.7 Å². The monoisotopic (exact) mass is 656 g/mol. The summed E-state index contributed by atoms with van der Waals surface area (Å²) in [5.41, 5.74) is 5.74. The van der Waals surface area contributed by atoms with Crippen molar-refractivity contribution in [3.8, 4) is 22.5 Å². The number of hydrogen-bond donors (Lipinski definition) is 4. The highest BCUT2D eigenvalue weighted by molar-refractivity contribution is 7.80. The molecule has 0 saturated carbocycles. The van der Waals surface area contributed by atoms with Gasteiger partial charge in [-0.3, -0.25) is 9.59 Å². The average Bonchev–Trinajstić information content (AvgIpc) is 3.73. The summed E-state index contributed by atoms with van der Waals surface area (Å²) in [5, 5.41) is 20.5. The number of nitrogens with one attached hydrogen (secondary N) is 3. The number of nitrogens with zero attached hydrogens (tertiary/aromatic N) is 5. The smallest absolute Gasteiger partial charge is 0.239 e. The van der Waals surface area contributed by atoms with Crippen LogP contribution in [0.5, 0.6) is 0 Å². The zero-order chi connectivity index (χ0) is 32.3. The van der Waals surface area contributed by atoms with Gasteiger partial charge in [-0.2, -0.15) is 17.8 Å². The molecule has 0 aliphatic heterocycles. The molecule has 0 bridgehead atoms. The molecule has 2 heterocycles. The number of amides is 2. The highest BCUT2D eigenvalue weighted by Gasteiger charge is 2.20. The Morgan fingerprint density at radius 3 is 2.39 bits per heavy atom. The van der Waals surface area contributed by atoms with Crippen LogP contribution >= 0.6 is 24.2 Å². The van der Waals surface area contributed by atoms with Gasteiger partial charge in [0.1, 0.15) is 5.82 Å². The normalized spacial score (nSPS) is 11.7. The Bertz CT molecular complexity index is 1730. The van der Waals surface area contributed by atoms with Gasteiger partial charge in [0.2, 0.25) is 17.6 Å². The second-order valence-electron chi connectivity index (χ2n) is 11.0. The number of benzene rings is 3. The van der Waals surface area contributed by atoms with E-state index in [0.717, 1.165) is 58.6 Å². The van der Waals surface area contributed by atoms with E-state index in [4.69, 9.17) is 11.6 Å². The van der Waals surface area contributed by atoms with E-state index >= 15 is 0 Å². The van der Waals surface area contributed by atoms with E-state index in [-0.39, 0.29) is 30.8 Å². The van der Waals surface area contributed by atoms with Crippen molar-refractivity contribution in [3.05, 3.63) is 107 Å². The van der Waals surface area contributed by atoms with E-state index in [1.807, 2.05) is 54.6 Å². The number of rotatable bonds is 15. The number of aromatic nitrogens is 6. The molecule has 1 atom stereocenters. The minimum absolute atomic E-state index is 0.140. The predicted molar refractivity (Wildman–Crippen MR) is 182 cm³/mol. The zero-order valence-corrected chi connectivity index (χ0v) is 27.3. The number of carbonyl (C=O) groups is 2. The van der Waals surface area contributed by atoms with Crippen LogP contribution in [0.3, 0.4) is 0 Å². The zero-order valence-electron chi connectivity index (χ0n) is 25.6. The fourth-order valence-corrected chi connectivity index (χ4v) is 5.82. The Labute approximate surface area is 278 Å². The van der Waals surface area contributed by atoms with Crippen molar-refractivity contribution in [1.82, 2.24) is 40.8 Å². The Morgan fingerprint density at radius 2 is 1.70 bits per heavy atom. The van der Waals surface area contributed by atoms with Gasteiger partial charge in [-0.05, 0) is 40.3 Å². The lowest BCUT2D eigenvalue weighted by Gasteiger charge is -2.16. The highest BCUT2D eigenvalue weighted by Crippen LogP contribution is 2.30. The number of thiol groups is 1. The molecule has 0 aliphatic rings. The molecule has 3 N–H and O–H groups in total. The lowest BCUT2D eigenvalue weighted by molar-refractivity contribution is -0.128. The standard InChI is InChI=1S/C34H37ClN8O2S/c1-2-3-13-30-38-32(35)29(19-36-31(44)20-37-34(45)26(22-46)18-23-9-5-4-6-10-23)43(30)21-24-14-16-25(17-15-24)27-11-7-8-12-28(27)33-39-41-42-40-33/h4-12,14-17,26,46H,2-3,13,18-22H2,1H3,(H,36,44)(H,37,45)(H,39,40,41,42). The fraction of sp³-hybridized carbons (Fsp3) is 0.294. The molecule has 46 heavy (non-hydrogen) atoms. The first-order valence-corrected chi connectivity index (χ1v) is 16.3. The quantitative estimate of drug-likeness (QED) is 0.113. The largest absolute Gasteiger partial charge is 0.349 e. The number of aromatic amines is 1. The van der Waals surface area contributed by atoms with Crippen LogP contribution in [0.15, 0.2) is 78.9 Å². The number of halogens is 1. The maximum Gasteiger partial charge on any atom is 0.239 e. The van der Waals surface area contributed by atoms with Gasteiger partial charge in [-0.15, -0.1) is 10.2 Å². The molecule has 2 amide bonds. The molecule has 12 heteroatoms. The Kier molecular flexibility index (Phi) is 11.6. The van der Waals surface area contributed by atoms with Crippen LogP contribution in [-0.2, 0) is 35.5 Å². The minimum atomic E-state index is -0.339. The summed E-state index contributed by atoms with van der Waals surface area (Å²) in [7, 11) is 0. The van der Waals surface area contributed by atoms with Crippen LogP contribution < -0.4 is 10.6 Å². The number of carbonyl (C=O) groups excluding carboxylic acids is 2. The van der Waals surface area contributed by atoms with Crippen molar-refractivity contribution < 1.29 is 9.59 Å². The van der Waals surface area contributed by atoms with Crippen LogP contribution in [0.25, 0.3) is 22.5 Å². The summed E-state index contributed by atoms with van der Waals surface area (Å²) in [4.78, 5) is 30.2. The molecule has 0 saturated heterocycles. The third kappa shape index (κ3) is 8.41.